The molecule has 3 nitrogen and oxygen atoms in total. The Labute approximate surface area is 91.2 Å². The molecular formula is C9H20BrNO2. The second-order valence-electron chi connectivity index (χ2n) is 2.71. The molecule has 80 valence electrons. The van der Waals surface area contributed by atoms with Crippen molar-refractivity contribution in [3.8, 4) is 0 Å². The maximum Gasteiger partial charge on any atom is 0.305 e. The fraction of sp³-hybridized carbons (Fsp3) is 0.889. The summed E-state index contributed by atoms with van der Waals surface area (Å²) in [6.45, 7) is 7.35. The van der Waals surface area contributed by atoms with E-state index in [4.69, 9.17) is 0 Å². The number of nitrogens with zero attached hydrogens (tertiary/aromatic N) is 1. The highest BCUT2D eigenvalue weighted by atomic mass is 79.9. The summed E-state index contributed by atoms with van der Waals surface area (Å²) in [6.07, 6.45) is 1.43. The van der Waals surface area contributed by atoms with E-state index in [0.717, 1.165) is 26.1 Å². The van der Waals surface area contributed by atoms with Gasteiger partial charge in [0.1, 0.15) is 0 Å². The molecule has 0 bridgehead atoms. The second kappa shape index (κ2) is 9.99. The van der Waals surface area contributed by atoms with Crippen LogP contribution in [0.3, 0.4) is 0 Å². The SMILES string of the molecule is Br.CCN(CC)CCCC(=O)OC. The molecule has 0 atom stereocenters. The van der Waals surface area contributed by atoms with Crippen molar-refractivity contribution in [3.05, 3.63) is 0 Å². The van der Waals surface area contributed by atoms with Crippen LogP contribution in [0.1, 0.15) is 26.7 Å². The van der Waals surface area contributed by atoms with Gasteiger partial charge in [-0.25, -0.2) is 0 Å². The number of ether oxygens (including phenoxy) is 1. The third kappa shape index (κ3) is 8.25. The fourth-order valence-electron chi connectivity index (χ4n) is 1.09. The third-order valence-electron chi connectivity index (χ3n) is 1.98. The maximum atomic E-state index is 10.7. The number of hydrogen-bond acceptors (Lipinski definition) is 3. The Balaban J connectivity index is 0. The number of esters is 1. The number of rotatable bonds is 6. The molecule has 0 N–H and O–H groups in total. The molecule has 0 spiro atoms. The average Bonchev–Trinajstić information content (AvgIpc) is 2.12. The van der Waals surface area contributed by atoms with Crippen LogP contribution >= 0.6 is 17.0 Å². The van der Waals surface area contributed by atoms with Gasteiger partial charge < -0.3 is 9.64 Å². The normalized spacial score (nSPS) is 9.54. The Hall–Kier alpha value is -0.0900. The zero-order chi connectivity index (χ0) is 9.40. The molecule has 0 aliphatic carbocycles. The summed E-state index contributed by atoms with van der Waals surface area (Å²) < 4.78 is 4.54. The Kier molecular flexibility index (Phi) is 11.8. The number of carbonyl (C=O) groups excluding carboxylic acids is 1. The van der Waals surface area contributed by atoms with Crippen molar-refractivity contribution >= 4 is 23.0 Å². The van der Waals surface area contributed by atoms with Gasteiger partial charge in [0, 0.05) is 6.42 Å². The molecule has 0 rings (SSSR count). The molecule has 0 heterocycles. The highest BCUT2D eigenvalue weighted by molar-refractivity contribution is 8.93. The number of carbonyl (C=O) groups is 1. The minimum absolute atomic E-state index is 0. The lowest BCUT2D eigenvalue weighted by Gasteiger charge is -2.16. The van der Waals surface area contributed by atoms with Crippen LogP contribution in [0, 0.1) is 0 Å². The minimum Gasteiger partial charge on any atom is -0.469 e. The van der Waals surface area contributed by atoms with E-state index in [-0.39, 0.29) is 23.0 Å². The molecule has 0 aliphatic rings. The van der Waals surface area contributed by atoms with E-state index in [1.54, 1.807) is 0 Å². The molecule has 0 fully saturated rings. The van der Waals surface area contributed by atoms with E-state index in [9.17, 15) is 4.79 Å². The molecule has 0 aliphatic heterocycles. The number of hydrogen-bond donors (Lipinski definition) is 0. The van der Waals surface area contributed by atoms with Gasteiger partial charge in [-0.2, -0.15) is 0 Å². The van der Waals surface area contributed by atoms with Gasteiger partial charge in [-0.05, 0) is 26.1 Å². The predicted octanol–water partition coefficient (Wildman–Crippen LogP) is 1.86. The fourth-order valence-corrected chi connectivity index (χ4v) is 1.09. The van der Waals surface area contributed by atoms with E-state index in [0.29, 0.717) is 6.42 Å². The Bertz CT molecular complexity index is 127. The molecule has 4 heteroatoms. The summed E-state index contributed by atoms with van der Waals surface area (Å²) in [7, 11) is 1.43. The molecule has 0 radical (unpaired) electrons. The maximum absolute atomic E-state index is 10.7. The summed E-state index contributed by atoms with van der Waals surface area (Å²) in [5, 5.41) is 0. The molecule has 0 saturated heterocycles. The van der Waals surface area contributed by atoms with E-state index >= 15 is 0 Å². The standard InChI is InChI=1S/C9H19NO2.BrH/c1-4-10(5-2)8-6-7-9(11)12-3;/h4-8H2,1-3H3;1H. The lowest BCUT2D eigenvalue weighted by molar-refractivity contribution is -0.140. The Morgan fingerprint density at radius 3 is 2.23 bits per heavy atom. The average molecular weight is 254 g/mol. The van der Waals surface area contributed by atoms with E-state index in [2.05, 4.69) is 23.5 Å². The predicted molar refractivity (Wildman–Crippen MR) is 59.4 cm³/mol. The highest BCUT2D eigenvalue weighted by Gasteiger charge is 2.02. The summed E-state index contributed by atoms with van der Waals surface area (Å²) in [5.74, 6) is -0.109. The van der Waals surface area contributed by atoms with Gasteiger partial charge in [0.15, 0.2) is 0 Å². The van der Waals surface area contributed by atoms with E-state index in [1.165, 1.54) is 7.11 Å². The second-order valence-corrected chi connectivity index (χ2v) is 2.71. The summed E-state index contributed by atoms with van der Waals surface area (Å²) in [4.78, 5) is 13.0. The van der Waals surface area contributed by atoms with Crippen LogP contribution in [0.2, 0.25) is 0 Å². The van der Waals surface area contributed by atoms with Crippen LogP contribution < -0.4 is 0 Å². The van der Waals surface area contributed by atoms with Crippen molar-refractivity contribution in [1.82, 2.24) is 4.90 Å². The molecule has 0 aromatic heterocycles. The summed E-state index contributed by atoms with van der Waals surface area (Å²) >= 11 is 0. The summed E-state index contributed by atoms with van der Waals surface area (Å²) in [5.41, 5.74) is 0. The van der Waals surface area contributed by atoms with Crippen molar-refractivity contribution in [2.24, 2.45) is 0 Å². The van der Waals surface area contributed by atoms with Crippen molar-refractivity contribution in [1.29, 1.82) is 0 Å². The largest absolute Gasteiger partial charge is 0.469 e. The van der Waals surface area contributed by atoms with Gasteiger partial charge in [-0.1, -0.05) is 13.8 Å². The zero-order valence-corrected chi connectivity index (χ0v) is 10.4. The molecule has 0 aromatic carbocycles. The molecule has 0 aromatic rings. The van der Waals surface area contributed by atoms with Gasteiger partial charge in [0.2, 0.25) is 0 Å². The molecule has 0 unspecified atom stereocenters. The molecule has 13 heavy (non-hydrogen) atoms. The van der Waals surface area contributed by atoms with Crippen LogP contribution in [0.15, 0.2) is 0 Å². The first kappa shape index (κ1) is 15.4. The topological polar surface area (TPSA) is 29.5 Å². The van der Waals surface area contributed by atoms with E-state index < -0.39 is 0 Å². The van der Waals surface area contributed by atoms with Crippen molar-refractivity contribution in [2.45, 2.75) is 26.7 Å². The minimum atomic E-state index is -0.109. The lowest BCUT2D eigenvalue weighted by Crippen LogP contribution is -2.24. The monoisotopic (exact) mass is 253 g/mol. The molecular weight excluding hydrogens is 234 g/mol. The van der Waals surface area contributed by atoms with Gasteiger partial charge in [0.25, 0.3) is 0 Å². The lowest BCUT2D eigenvalue weighted by atomic mass is 10.3. The van der Waals surface area contributed by atoms with Crippen LogP contribution in [0.25, 0.3) is 0 Å². The molecule has 0 amide bonds. The van der Waals surface area contributed by atoms with Crippen molar-refractivity contribution in [2.75, 3.05) is 26.7 Å². The Morgan fingerprint density at radius 1 is 1.31 bits per heavy atom. The first-order valence-electron chi connectivity index (χ1n) is 4.53. The van der Waals surface area contributed by atoms with Crippen LogP contribution in [-0.2, 0) is 9.53 Å². The quantitative estimate of drug-likeness (QED) is 0.677. The van der Waals surface area contributed by atoms with Gasteiger partial charge >= 0.3 is 5.97 Å². The van der Waals surface area contributed by atoms with Crippen molar-refractivity contribution in [3.63, 3.8) is 0 Å². The van der Waals surface area contributed by atoms with Gasteiger partial charge in [-0.15, -0.1) is 17.0 Å². The first-order valence-corrected chi connectivity index (χ1v) is 4.53. The number of halogens is 1. The van der Waals surface area contributed by atoms with Crippen molar-refractivity contribution < 1.29 is 9.53 Å². The van der Waals surface area contributed by atoms with Gasteiger partial charge in [0.05, 0.1) is 7.11 Å². The van der Waals surface area contributed by atoms with Crippen LogP contribution in [0.5, 0.6) is 0 Å². The smallest absolute Gasteiger partial charge is 0.305 e. The number of methoxy groups -OCH3 is 1. The van der Waals surface area contributed by atoms with Gasteiger partial charge in [-0.3, -0.25) is 4.79 Å². The van der Waals surface area contributed by atoms with Crippen LogP contribution in [-0.4, -0.2) is 37.6 Å². The summed E-state index contributed by atoms with van der Waals surface area (Å²) in [6, 6.07) is 0. The van der Waals surface area contributed by atoms with E-state index in [1.807, 2.05) is 0 Å². The highest BCUT2D eigenvalue weighted by Crippen LogP contribution is 1.95. The Morgan fingerprint density at radius 2 is 1.85 bits per heavy atom. The molecule has 0 saturated carbocycles. The third-order valence-corrected chi connectivity index (χ3v) is 1.98. The zero-order valence-electron chi connectivity index (χ0n) is 8.71. The first-order chi connectivity index (χ1) is 5.74. The van der Waals surface area contributed by atoms with Crippen LogP contribution in [0.4, 0.5) is 0 Å².